The van der Waals surface area contributed by atoms with E-state index in [1.165, 1.54) is 34.8 Å². The van der Waals surface area contributed by atoms with Crippen molar-refractivity contribution in [1.29, 1.82) is 0 Å². The SMILES string of the molecule is C=C(O)C(C)(C)Cc1ccc(-c2csc(N3C[C@@H]4CN(CC5=C(C(=O)OCC)[C@H](c6ccc(F)cc6Br)N=C(c6nccs6)N5)CCN4C3=O)n2)cc1. The van der Waals surface area contributed by atoms with Crippen LogP contribution in [0.15, 0.2) is 92.5 Å². The molecular formula is C38H39BrFN7O4S2. The summed E-state index contributed by atoms with van der Waals surface area (Å²) >= 11 is 6.35. The van der Waals surface area contributed by atoms with Gasteiger partial charge in [-0.1, -0.05) is 66.7 Å². The van der Waals surface area contributed by atoms with Crippen LogP contribution in [0.25, 0.3) is 11.3 Å². The summed E-state index contributed by atoms with van der Waals surface area (Å²) in [4.78, 5) is 47.5. The number of nitrogens with one attached hydrogen (secondary N) is 1. The van der Waals surface area contributed by atoms with E-state index in [9.17, 15) is 19.1 Å². The molecule has 5 heterocycles. The van der Waals surface area contributed by atoms with Crippen molar-refractivity contribution < 1.29 is 23.8 Å². The van der Waals surface area contributed by atoms with E-state index >= 15 is 0 Å². The van der Waals surface area contributed by atoms with Gasteiger partial charge < -0.3 is 20.1 Å². The number of halogens is 2. The first kappa shape index (κ1) is 36.9. The van der Waals surface area contributed by atoms with Gasteiger partial charge in [0.05, 0.1) is 36.2 Å². The number of anilines is 1. The van der Waals surface area contributed by atoms with E-state index in [0.717, 1.165) is 16.8 Å². The number of aromatic nitrogens is 2. The van der Waals surface area contributed by atoms with Crippen molar-refractivity contribution in [2.24, 2.45) is 10.4 Å². The number of carbonyl (C=O) groups is 2. The number of carbonyl (C=O) groups excluding carboxylic acids is 2. The van der Waals surface area contributed by atoms with Crippen LogP contribution in [0.3, 0.4) is 0 Å². The Kier molecular flexibility index (Phi) is 10.5. The number of fused-ring (bicyclic) bond motifs is 1. The van der Waals surface area contributed by atoms with E-state index in [0.29, 0.717) is 76.4 Å². The Morgan fingerprint density at radius 1 is 1.17 bits per heavy atom. The number of benzene rings is 2. The summed E-state index contributed by atoms with van der Waals surface area (Å²) < 4.78 is 20.2. The van der Waals surface area contributed by atoms with E-state index in [1.54, 1.807) is 24.1 Å². The van der Waals surface area contributed by atoms with Gasteiger partial charge in [0.15, 0.2) is 16.0 Å². The fraction of sp³-hybridized carbons (Fsp3) is 0.342. The molecule has 7 rings (SSSR count). The number of aliphatic hydroxyl groups excluding tert-OH is 1. The van der Waals surface area contributed by atoms with Gasteiger partial charge in [-0.15, -0.1) is 22.7 Å². The smallest absolute Gasteiger partial charge is 0.338 e. The van der Waals surface area contributed by atoms with Gasteiger partial charge in [-0.05, 0) is 36.6 Å². The van der Waals surface area contributed by atoms with E-state index < -0.39 is 23.2 Å². The summed E-state index contributed by atoms with van der Waals surface area (Å²) in [5.41, 5.74) is 3.99. The van der Waals surface area contributed by atoms with Gasteiger partial charge in [-0.25, -0.2) is 23.9 Å². The summed E-state index contributed by atoms with van der Waals surface area (Å²) in [6.45, 7) is 12.1. The molecule has 2 fully saturated rings. The number of aliphatic imine (C=N–C) groups is 1. The van der Waals surface area contributed by atoms with Crippen molar-refractivity contribution in [2.45, 2.75) is 39.3 Å². The Balaban J connectivity index is 1.10. The van der Waals surface area contributed by atoms with Crippen molar-refractivity contribution in [1.82, 2.24) is 25.1 Å². The summed E-state index contributed by atoms with van der Waals surface area (Å²) in [5, 5.41) is 18.5. The lowest BCUT2D eigenvalue weighted by atomic mass is 9.84. The second kappa shape index (κ2) is 15.1. The number of aliphatic hydroxyl groups is 1. The van der Waals surface area contributed by atoms with Gasteiger partial charge >= 0.3 is 12.0 Å². The minimum atomic E-state index is -0.772. The molecule has 0 unspecified atom stereocenters. The minimum absolute atomic E-state index is 0.0704. The predicted octanol–water partition coefficient (Wildman–Crippen LogP) is 7.34. The molecule has 2 aromatic carbocycles. The summed E-state index contributed by atoms with van der Waals surface area (Å²) in [6.07, 6.45) is 2.35. The number of esters is 1. The number of amides is 2. The van der Waals surface area contributed by atoms with Crippen molar-refractivity contribution in [3.05, 3.63) is 109 Å². The number of hydrogen-bond donors (Lipinski definition) is 2. The minimum Gasteiger partial charge on any atom is -0.512 e. The van der Waals surface area contributed by atoms with Gasteiger partial charge in [-0.3, -0.25) is 14.8 Å². The number of nitrogens with zero attached hydrogens (tertiary/aromatic N) is 6. The molecular weight excluding hydrogens is 781 g/mol. The highest BCUT2D eigenvalue weighted by Crippen LogP contribution is 2.38. The Morgan fingerprint density at radius 2 is 1.96 bits per heavy atom. The highest BCUT2D eigenvalue weighted by molar-refractivity contribution is 9.10. The van der Waals surface area contributed by atoms with E-state index in [1.807, 2.05) is 53.8 Å². The zero-order valence-corrected chi connectivity index (χ0v) is 32.7. The number of ether oxygens (including phenoxy) is 1. The van der Waals surface area contributed by atoms with Crippen LogP contribution in [-0.4, -0.2) is 88.1 Å². The van der Waals surface area contributed by atoms with E-state index in [-0.39, 0.29) is 24.4 Å². The van der Waals surface area contributed by atoms with Crippen LogP contribution in [0, 0.1) is 11.2 Å². The maximum absolute atomic E-state index is 14.2. The Bertz CT molecular complexity index is 2100. The fourth-order valence-electron chi connectivity index (χ4n) is 6.79. The number of thiazole rings is 2. The lowest BCUT2D eigenvalue weighted by Gasteiger charge is -2.38. The third kappa shape index (κ3) is 7.66. The van der Waals surface area contributed by atoms with Crippen molar-refractivity contribution in [3.8, 4) is 11.3 Å². The first-order chi connectivity index (χ1) is 25.4. The van der Waals surface area contributed by atoms with Crippen LogP contribution in [0.5, 0.6) is 0 Å². The average molecular weight is 821 g/mol. The Hall–Kier alpha value is -4.44. The second-order valence-electron chi connectivity index (χ2n) is 13.8. The summed E-state index contributed by atoms with van der Waals surface area (Å²) in [6, 6.07) is 11.5. The zero-order valence-electron chi connectivity index (χ0n) is 29.5. The van der Waals surface area contributed by atoms with Crippen molar-refractivity contribution in [3.63, 3.8) is 0 Å². The van der Waals surface area contributed by atoms with Crippen LogP contribution < -0.4 is 10.2 Å². The largest absolute Gasteiger partial charge is 0.512 e. The highest BCUT2D eigenvalue weighted by atomic mass is 79.9. The zero-order chi connectivity index (χ0) is 37.4. The third-order valence-electron chi connectivity index (χ3n) is 9.73. The van der Waals surface area contributed by atoms with Crippen LogP contribution in [0.4, 0.5) is 14.3 Å². The van der Waals surface area contributed by atoms with Gasteiger partial charge in [0.25, 0.3) is 0 Å². The first-order valence-corrected chi connectivity index (χ1v) is 19.8. The molecule has 4 aromatic rings. The number of rotatable bonds is 11. The lowest BCUT2D eigenvalue weighted by molar-refractivity contribution is -0.139. The molecule has 3 aliphatic rings. The molecule has 0 radical (unpaired) electrons. The number of allylic oxidation sites excluding steroid dienone is 1. The molecule has 11 nitrogen and oxygen atoms in total. The molecule has 0 spiro atoms. The number of urea groups is 1. The normalized spacial score (nSPS) is 19.3. The first-order valence-electron chi connectivity index (χ1n) is 17.2. The van der Waals surface area contributed by atoms with Crippen LogP contribution in [0.2, 0.25) is 0 Å². The molecule has 276 valence electrons. The van der Waals surface area contributed by atoms with E-state index in [2.05, 4.69) is 37.7 Å². The monoisotopic (exact) mass is 819 g/mol. The summed E-state index contributed by atoms with van der Waals surface area (Å²) in [5.74, 6) is -0.246. The van der Waals surface area contributed by atoms with Gasteiger partial charge in [0.2, 0.25) is 0 Å². The molecule has 2 atom stereocenters. The maximum atomic E-state index is 14.2. The van der Waals surface area contributed by atoms with Gasteiger partial charge in [-0.2, -0.15) is 0 Å². The number of amidine groups is 1. The Labute approximate surface area is 323 Å². The maximum Gasteiger partial charge on any atom is 0.338 e. The van der Waals surface area contributed by atoms with Crippen LogP contribution in [0.1, 0.15) is 42.9 Å². The predicted molar refractivity (Wildman–Crippen MR) is 209 cm³/mol. The number of hydrogen-bond acceptors (Lipinski definition) is 11. The van der Waals surface area contributed by atoms with Gasteiger partial charge in [0, 0.05) is 64.3 Å². The molecule has 0 saturated carbocycles. The molecule has 2 saturated heterocycles. The van der Waals surface area contributed by atoms with Crippen molar-refractivity contribution >= 4 is 61.6 Å². The molecule has 2 amide bonds. The highest BCUT2D eigenvalue weighted by Gasteiger charge is 2.43. The standard InChI is InChI=1S/C38H39BrFN7O4S2/c1-5-51-35(49)31-29(42-33(34-41-12-15-52-34)44-32(31)27-11-10-25(40)16-28(27)39)20-45-13-14-46-26(18-45)19-47(37(46)50)36-43-30(21-53-36)24-8-6-23(7-9-24)17-38(3,4)22(2)48/h6-12,15-16,21,26,32,48H,2,5,13-14,17-20H2,1,3-4H3,(H,42,44)/t26-,32-/m0/s1. The fourth-order valence-corrected chi connectivity index (χ4v) is 8.78. The molecule has 0 aliphatic carbocycles. The second-order valence-corrected chi connectivity index (χ2v) is 16.4. The van der Waals surface area contributed by atoms with E-state index in [4.69, 9.17) is 14.7 Å². The molecule has 53 heavy (non-hydrogen) atoms. The number of piperazine rings is 1. The topological polar surface area (TPSA) is 123 Å². The third-order valence-corrected chi connectivity index (χ3v) is 12.1. The molecule has 2 aromatic heterocycles. The molecule has 15 heteroatoms. The molecule has 3 aliphatic heterocycles. The average Bonchev–Trinajstić information content (AvgIpc) is 3.90. The molecule has 0 bridgehead atoms. The lowest BCUT2D eigenvalue weighted by Crippen LogP contribution is -2.53. The summed E-state index contributed by atoms with van der Waals surface area (Å²) in [7, 11) is 0. The Morgan fingerprint density at radius 3 is 2.66 bits per heavy atom. The van der Waals surface area contributed by atoms with Crippen molar-refractivity contribution in [2.75, 3.05) is 44.2 Å². The van der Waals surface area contributed by atoms with Crippen LogP contribution >= 0.6 is 38.6 Å². The quantitative estimate of drug-likeness (QED) is 0.119. The molecule has 2 N–H and O–H groups in total. The van der Waals surface area contributed by atoms with Crippen LogP contribution in [-0.2, 0) is 16.0 Å². The van der Waals surface area contributed by atoms with Gasteiger partial charge in [0.1, 0.15) is 11.9 Å².